The second kappa shape index (κ2) is 11.4. The van der Waals surface area contributed by atoms with Crippen LogP contribution in [0.5, 0.6) is 5.75 Å². The number of likely N-dealkylation sites (N-methyl/N-ethyl adjacent to an activating group) is 1. The molecule has 156 valence electrons. The van der Waals surface area contributed by atoms with E-state index in [0.29, 0.717) is 19.2 Å². The Morgan fingerprint density at radius 2 is 2.03 bits per heavy atom. The molecule has 2 aromatic rings. The van der Waals surface area contributed by atoms with E-state index in [1.165, 1.54) is 19.4 Å². The lowest BCUT2D eigenvalue weighted by molar-refractivity contribution is 0.267. The zero-order valence-corrected chi connectivity index (χ0v) is 17.6. The van der Waals surface area contributed by atoms with Gasteiger partial charge in [0.25, 0.3) is 0 Å². The zero-order valence-electron chi connectivity index (χ0n) is 17.6. The fraction of sp³-hybridized carbons (Fsp3) is 0.478. The molecule has 29 heavy (non-hydrogen) atoms. The smallest absolute Gasteiger partial charge is 0.191 e. The van der Waals surface area contributed by atoms with Crippen LogP contribution in [0.2, 0.25) is 0 Å². The van der Waals surface area contributed by atoms with E-state index in [1.54, 1.807) is 6.20 Å². The molecular weight excluding hydrogens is 362 g/mol. The van der Waals surface area contributed by atoms with E-state index in [2.05, 4.69) is 46.5 Å². The lowest BCUT2D eigenvalue weighted by Gasteiger charge is -2.24. The first-order valence-electron chi connectivity index (χ1n) is 10.7. The number of aromatic nitrogens is 1. The molecule has 1 unspecified atom stereocenters. The molecule has 6 heteroatoms. The van der Waals surface area contributed by atoms with Crippen LogP contribution in [0.25, 0.3) is 0 Å². The Morgan fingerprint density at radius 1 is 1.17 bits per heavy atom. The summed E-state index contributed by atoms with van der Waals surface area (Å²) in [7, 11) is 0. The molecule has 0 bridgehead atoms. The van der Waals surface area contributed by atoms with Crippen molar-refractivity contribution in [2.24, 2.45) is 4.99 Å². The lowest BCUT2D eigenvalue weighted by Crippen LogP contribution is -2.44. The van der Waals surface area contributed by atoms with Crippen LogP contribution in [0, 0.1) is 0 Å². The molecule has 1 atom stereocenters. The van der Waals surface area contributed by atoms with Gasteiger partial charge in [-0.25, -0.2) is 4.99 Å². The summed E-state index contributed by atoms with van der Waals surface area (Å²) in [6.07, 6.45) is 4.34. The molecule has 6 nitrogen and oxygen atoms in total. The number of aliphatic imine (C=N–C) groups is 1. The summed E-state index contributed by atoms with van der Waals surface area (Å²) in [4.78, 5) is 11.6. The largest absolute Gasteiger partial charge is 0.487 e. The second-order valence-electron chi connectivity index (χ2n) is 7.25. The molecule has 1 aliphatic rings. The summed E-state index contributed by atoms with van der Waals surface area (Å²) >= 11 is 0. The Balaban J connectivity index is 1.49. The molecule has 1 aromatic carbocycles. The van der Waals surface area contributed by atoms with E-state index < -0.39 is 0 Å². The minimum Gasteiger partial charge on any atom is -0.487 e. The van der Waals surface area contributed by atoms with Crippen molar-refractivity contribution >= 4 is 5.96 Å². The standard InChI is InChI=1S/C23H33N5O/c1-3-24-23(27-17-21-9-7-15-28(21)4-2)26-16-19-10-12-22(13-11-19)29-18-20-8-5-6-14-25-20/h5-6,8,10-14,21H,3-4,7,9,15-18H2,1-2H3,(H2,24,26,27). The maximum Gasteiger partial charge on any atom is 0.191 e. The molecular formula is C23H33N5O. The van der Waals surface area contributed by atoms with Crippen LogP contribution in [0.1, 0.15) is 37.9 Å². The Kier molecular flexibility index (Phi) is 8.31. The highest BCUT2D eigenvalue weighted by molar-refractivity contribution is 5.79. The van der Waals surface area contributed by atoms with Crippen LogP contribution in [0.4, 0.5) is 0 Å². The number of pyridine rings is 1. The van der Waals surface area contributed by atoms with Crippen molar-refractivity contribution in [2.45, 2.75) is 45.9 Å². The van der Waals surface area contributed by atoms with Crippen molar-refractivity contribution in [1.29, 1.82) is 0 Å². The molecule has 1 fully saturated rings. The van der Waals surface area contributed by atoms with Gasteiger partial charge in [0.1, 0.15) is 12.4 Å². The number of hydrogen-bond acceptors (Lipinski definition) is 4. The van der Waals surface area contributed by atoms with Gasteiger partial charge in [0.15, 0.2) is 5.96 Å². The second-order valence-corrected chi connectivity index (χ2v) is 7.25. The summed E-state index contributed by atoms with van der Waals surface area (Å²) in [6.45, 7) is 9.58. The van der Waals surface area contributed by atoms with Crippen molar-refractivity contribution in [1.82, 2.24) is 20.5 Å². The average molecular weight is 396 g/mol. The number of nitrogens with one attached hydrogen (secondary N) is 2. The van der Waals surface area contributed by atoms with Gasteiger partial charge in [-0.3, -0.25) is 9.88 Å². The molecule has 1 aliphatic heterocycles. The predicted octanol–water partition coefficient (Wildman–Crippen LogP) is 3.20. The molecule has 0 aliphatic carbocycles. The van der Waals surface area contributed by atoms with E-state index in [9.17, 15) is 0 Å². The van der Waals surface area contributed by atoms with Crippen molar-refractivity contribution in [3.63, 3.8) is 0 Å². The monoisotopic (exact) mass is 395 g/mol. The first-order valence-corrected chi connectivity index (χ1v) is 10.7. The van der Waals surface area contributed by atoms with Gasteiger partial charge >= 0.3 is 0 Å². The molecule has 0 radical (unpaired) electrons. The molecule has 1 aromatic heterocycles. The summed E-state index contributed by atoms with van der Waals surface area (Å²) in [5, 5.41) is 6.86. The lowest BCUT2D eigenvalue weighted by atomic mass is 10.2. The normalized spacial score (nSPS) is 17.3. The number of likely N-dealkylation sites (tertiary alicyclic amines) is 1. The fourth-order valence-corrected chi connectivity index (χ4v) is 3.60. The Bertz CT molecular complexity index is 748. The minimum atomic E-state index is 0.475. The molecule has 3 rings (SSSR count). The number of ether oxygens (including phenoxy) is 1. The quantitative estimate of drug-likeness (QED) is 0.504. The van der Waals surface area contributed by atoms with Crippen LogP contribution >= 0.6 is 0 Å². The Morgan fingerprint density at radius 3 is 2.76 bits per heavy atom. The maximum atomic E-state index is 5.80. The van der Waals surface area contributed by atoms with E-state index in [0.717, 1.165) is 42.6 Å². The van der Waals surface area contributed by atoms with Crippen LogP contribution in [0.3, 0.4) is 0 Å². The molecule has 2 N–H and O–H groups in total. The highest BCUT2D eigenvalue weighted by Crippen LogP contribution is 2.16. The summed E-state index contributed by atoms with van der Waals surface area (Å²) < 4.78 is 5.80. The number of guanidine groups is 1. The van der Waals surface area contributed by atoms with Crippen LogP contribution in [0.15, 0.2) is 53.7 Å². The fourth-order valence-electron chi connectivity index (χ4n) is 3.60. The predicted molar refractivity (Wildman–Crippen MR) is 118 cm³/mol. The van der Waals surface area contributed by atoms with Gasteiger partial charge in [-0.15, -0.1) is 0 Å². The van der Waals surface area contributed by atoms with Crippen molar-refractivity contribution in [2.75, 3.05) is 26.2 Å². The number of benzene rings is 1. The number of nitrogens with zero attached hydrogens (tertiary/aromatic N) is 3. The first-order chi connectivity index (χ1) is 14.3. The third-order valence-corrected chi connectivity index (χ3v) is 5.21. The van der Waals surface area contributed by atoms with Gasteiger partial charge in [0.05, 0.1) is 12.2 Å². The third kappa shape index (κ3) is 6.75. The highest BCUT2D eigenvalue weighted by Gasteiger charge is 2.22. The van der Waals surface area contributed by atoms with Gasteiger partial charge in [-0.1, -0.05) is 25.1 Å². The molecule has 0 spiro atoms. The molecule has 2 heterocycles. The van der Waals surface area contributed by atoms with Gasteiger partial charge in [-0.05, 0) is 62.7 Å². The van der Waals surface area contributed by atoms with Gasteiger partial charge in [0, 0.05) is 25.3 Å². The molecule has 1 saturated heterocycles. The minimum absolute atomic E-state index is 0.475. The average Bonchev–Trinajstić information content (AvgIpc) is 3.23. The van der Waals surface area contributed by atoms with Crippen LogP contribution in [-0.2, 0) is 13.2 Å². The van der Waals surface area contributed by atoms with E-state index >= 15 is 0 Å². The first kappa shape index (κ1) is 21.1. The van der Waals surface area contributed by atoms with Gasteiger partial charge in [-0.2, -0.15) is 0 Å². The molecule has 0 saturated carbocycles. The maximum absolute atomic E-state index is 5.80. The van der Waals surface area contributed by atoms with E-state index in [1.807, 2.05) is 30.3 Å². The van der Waals surface area contributed by atoms with E-state index in [4.69, 9.17) is 9.73 Å². The molecule has 0 amide bonds. The van der Waals surface area contributed by atoms with Gasteiger partial charge < -0.3 is 15.4 Å². The summed E-state index contributed by atoms with van der Waals surface area (Å²) in [6, 6.07) is 14.6. The van der Waals surface area contributed by atoms with Crippen LogP contribution < -0.4 is 15.4 Å². The third-order valence-electron chi connectivity index (χ3n) is 5.21. The van der Waals surface area contributed by atoms with Gasteiger partial charge in [0.2, 0.25) is 0 Å². The van der Waals surface area contributed by atoms with E-state index in [-0.39, 0.29) is 0 Å². The summed E-state index contributed by atoms with van der Waals surface area (Å²) in [5.74, 6) is 1.72. The summed E-state index contributed by atoms with van der Waals surface area (Å²) in [5.41, 5.74) is 2.08. The Hall–Kier alpha value is -2.60. The van der Waals surface area contributed by atoms with Crippen molar-refractivity contribution < 1.29 is 4.74 Å². The Labute approximate surface area is 174 Å². The zero-order chi connectivity index (χ0) is 20.3. The number of hydrogen-bond donors (Lipinski definition) is 2. The van der Waals surface area contributed by atoms with Crippen LogP contribution in [-0.4, -0.2) is 48.1 Å². The number of rotatable bonds is 9. The topological polar surface area (TPSA) is 61.8 Å². The SMILES string of the molecule is CCNC(=NCc1ccc(OCc2ccccn2)cc1)NCC1CCCN1CC. The highest BCUT2D eigenvalue weighted by atomic mass is 16.5. The van der Waals surface area contributed by atoms with Crippen molar-refractivity contribution in [3.05, 3.63) is 59.9 Å². The van der Waals surface area contributed by atoms with Crippen molar-refractivity contribution in [3.8, 4) is 5.75 Å².